The van der Waals surface area contributed by atoms with Crippen LogP contribution in [-0.4, -0.2) is 17.4 Å². The highest BCUT2D eigenvalue weighted by Crippen LogP contribution is 2.21. The van der Waals surface area contributed by atoms with Crippen LogP contribution in [0, 0.1) is 0 Å². The topological polar surface area (TPSA) is 75.4 Å². The van der Waals surface area contributed by atoms with E-state index >= 15 is 0 Å². The lowest BCUT2D eigenvalue weighted by Gasteiger charge is -2.16. The summed E-state index contributed by atoms with van der Waals surface area (Å²) in [7, 11) is 0. The van der Waals surface area contributed by atoms with Crippen molar-refractivity contribution in [1.82, 2.24) is 4.98 Å². The van der Waals surface area contributed by atoms with Gasteiger partial charge in [0, 0.05) is 10.2 Å². The number of carbonyl (C=O) groups is 2. The molecule has 6 nitrogen and oxygen atoms in total. The van der Waals surface area contributed by atoms with Gasteiger partial charge < -0.3 is 9.73 Å². The number of carbonyl (C=O) groups excluding carboxylic acids is 2. The Balaban J connectivity index is 1.83. The van der Waals surface area contributed by atoms with Crippen molar-refractivity contribution in [3.05, 3.63) is 53.3 Å². The first-order chi connectivity index (χ1) is 10.7. The lowest BCUT2D eigenvalue weighted by molar-refractivity contribution is -0.106. The Kier molecular flexibility index (Phi) is 3.88. The second kappa shape index (κ2) is 5.98. The van der Waals surface area contributed by atoms with Crippen LogP contribution < -0.4 is 10.2 Å². The summed E-state index contributed by atoms with van der Waals surface area (Å²) in [5.74, 6) is 0. The first-order valence-electron chi connectivity index (χ1n) is 6.32. The summed E-state index contributed by atoms with van der Waals surface area (Å²) in [5, 5.41) is 2.65. The molecule has 0 saturated heterocycles. The molecule has 0 saturated carbocycles. The lowest BCUT2D eigenvalue weighted by Crippen LogP contribution is -2.33. The Hall–Kier alpha value is -2.67. The van der Waals surface area contributed by atoms with Crippen molar-refractivity contribution in [2.75, 3.05) is 10.2 Å². The normalized spacial score (nSPS) is 10.4. The van der Waals surface area contributed by atoms with E-state index in [0.717, 1.165) is 9.37 Å². The molecule has 0 aliphatic heterocycles. The number of amides is 3. The summed E-state index contributed by atoms with van der Waals surface area (Å²) in [6, 6.07) is 11.4. The van der Waals surface area contributed by atoms with Gasteiger partial charge >= 0.3 is 6.03 Å². The van der Waals surface area contributed by atoms with E-state index in [4.69, 9.17) is 4.42 Å². The molecule has 0 fully saturated rings. The molecular weight excluding hydrogens is 350 g/mol. The molecule has 110 valence electrons. The van der Waals surface area contributed by atoms with Crippen LogP contribution in [0.3, 0.4) is 0 Å². The summed E-state index contributed by atoms with van der Waals surface area (Å²) >= 11 is 3.31. The van der Waals surface area contributed by atoms with Gasteiger partial charge in [-0.15, -0.1) is 0 Å². The number of urea groups is 1. The Bertz CT molecular complexity index is 847. The van der Waals surface area contributed by atoms with Gasteiger partial charge in [0.05, 0.1) is 5.69 Å². The van der Waals surface area contributed by atoms with Crippen LogP contribution in [0.25, 0.3) is 11.1 Å². The molecule has 2 aromatic carbocycles. The highest BCUT2D eigenvalue weighted by molar-refractivity contribution is 9.10. The van der Waals surface area contributed by atoms with E-state index in [1.165, 1.54) is 6.39 Å². The highest BCUT2D eigenvalue weighted by Gasteiger charge is 2.15. The molecule has 0 radical (unpaired) electrons. The minimum absolute atomic E-state index is 0.462. The van der Waals surface area contributed by atoms with Crippen molar-refractivity contribution >= 4 is 50.8 Å². The van der Waals surface area contributed by atoms with E-state index in [1.54, 1.807) is 36.4 Å². The second-order valence-corrected chi connectivity index (χ2v) is 5.34. The average Bonchev–Trinajstić information content (AvgIpc) is 2.95. The number of aromatic nitrogens is 1. The maximum atomic E-state index is 12.3. The molecule has 1 aromatic heterocycles. The molecule has 22 heavy (non-hydrogen) atoms. The average molecular weight is 360 g/mol. The predicted octanol–water partition coefficient (Wildman–Crippen LogP) is 3.79. The maximum absolute atomic E-state index is 12.3. The third-order valence-electron chi connectivity index (χ3n) is 2.99. The molecule has 3 rings (SSSR count). The number of hydrogen-bond acceptors (Lipinski definition) is 4. The van der Waals surface area contributed by atoms with Crippen LogP contribution in [-0.2, 0) is 4.79 Å². The smallest absolute Gasteiger partial charge is 0.332 e. The van der Waals surface area contributed by atoms with Gasteiger partial charge in [-0.1, -0.05) is 22.0 Å². The SMILES string of the molecule is O=CN(C(=O)Nc1ccc2ocnc2c1)c1cccc(Br)c1. The number of fused-ring (bicyclic) bond motifs is 1. The second-order valence-electron chi connectivity index (χ2n) is 4.42. The number of imide groups is 1. The van der Waals surface area contributed by atoms with Crippen LogP contribution in [0.2, 0.25) is 0 Å². The Morgan fingerprint density at radius 1 is 1.27 bits per heavy atom. The number of rotatable bonds is 3. The van der Waals surface area contributed by atoms with Gasteiger partial charge in [-0.3, -0.25) is 4.79 Å². The number of hydrogen-bond donors (Lipinski definition) is 1. The number of nitrogens with zero attached hydrogens (tertiary/aromatic N) is 2. The molecule has 3 amide bonds. The maximum Gasteiger partial charge on any atom is 0.332 e. The number of anilines is 2. The predicted molar refractivity (Wildman–Crippen MR) is 85.7 cm³/mol. The van der Waals surface area contributed by atoms with E-state index in [-0.39, 0.29) is 0 Å². The molecule has 0 spiro atoms. The minimum Gasteiger partial charge on any atom is -0.443 e. The number of oxazole rings is 1. The monoisotopic (exact) mass is 359 g/mol. The van der Waals surface area contributed by atoms with Gasteiger partial charge in [0.15, 0.2) is 12.0 Å². The molecule has 3 aromatic rings. The Labute approximate surface area is 133 Å². The van der Waals surface area contributed by atoms with Crippen molar-refractivity contribution in [3.8, 4) is 0 Å². The van der Waals surface area contributed by atoms with Gasteiger partial charge in [0.25, 0.3) is 0 Å². The van der Waals surface area contributed by atoms with E-state index < -0.39 is 6.03 Å². The van der Waals surface area contributed by atoms with Crippen LogP contribution in [0.1, 0.15) is 0 Å². The molecule has 0 unspecified atom stereocenters. The summed E-state index contributed by atoms with van der Waals surface area (Å²) in [6.07, 6.45) is 1.79. The third-order valence-corrected chi connectivity index (χ3v) is 3.49. The molecular formula is C15H10BrN3O3. The van der Waals surface area contributed by atoms with Gasteiger partial charge in [-0.25, -0.2) is 14.7 Å². The van der Waals surface area contributed by atoms with Crippen molar-refractivity contribution in [1.29, 1.82) is 0 Å². The lowest BCUT2D eigenvalue weighted by atomic mass is 10.3. The zero-order valence-electron chi connectivity index (χ0n) is 11.2. The standard InChI is InChI=1S/C15H10BrN3O3/c16-10-2-1-3-12(6-10)19(9-20)15(21)18-11-4-5-14-13(7-11)17-8-22-14/h1-9H,(H,18,21). The molecule has 0 aliphatic rings. The fraction of sp³-hybridized carbons (Fsp3) is 0. The summed E-state index contributed by atoms with van der Waals surface area (Å²) < 4.78 is 5.91. The molecule has 0 bridgehead atoms. The van der Waals surface area contributed by atoms with E-state index in [1.807, 2.05) is 6.07 Å². The van der Waals surface area contributed by atoms with Crippen molar-refractivity contribution < 1.29 is 14.0 Å². The Morgan fingerprint density at radius 3 is 2.91 bits per heavy atom. The third kappa shape index (κ3) is 2.84. The van der Waals surface area contributed by atoms with Crippen molar-refractivity contribution in [2.45, 2.75) is 0 Å². The summed E-state index contributed by atoms with van der Waals surface area (Å²) in [6.45, 7) is 0. The highest BCUT2D eigenvalue weighted by atomic mass is 79.9. The minimum atomic E-state index is -0.559. The first-order valence-corrected chi connectivity index (χ1v) is 7.11. The molecule has 1 N–H and O–H groups in total. The van der Waals surface area contributed by atoms with Crippen molar-refractivity contribution in [2.24, 2.45) is 0 Å². The largest absolute Gasteiger partial charge is 0.443 e. The molecule has 0 aliphatic carbocycles. The molecule has 1 heterocycles. The summed E-state index contributed by atoms with van der Waals surface area (Å²) in [5.41, 5.74) is 2.23. The quantitative estimate of drug-likeness (QED) is 0.722. The fourth-order valence-corrected chi connectivity index (χ4v) is 2.36. The van der Waals surface area contributed by atoms with E-state index in [2.05, 4.69) is 26.2 Å². The van der Waals surface area contributed by atoms with Gasteiger partial charge in [-0.2, -0.15) is 0 Å². The zero-order valence-corrected chi connectivity index (χ0v) is 12.8. The van der Waals surface area contributed by atoms with Crippen molar-refractivity contribution in [3.63, 3.8) is 0 Å². The summed E-state index contributed by atoms with van der Waals surface area (Å²) in [4.78, 5) is 28.5. The van der Waals surface area contributed by atoms with Gasteiger partial charge in [-0.05, 0) is 36.4 Å². The van der Waals surface area contributed by atoms with Crippen LogP contribution >= 0.6 is 15.9 Å². The van der Waals surface area contributed by atoms with Crippen LogP contribution in [0.5, 0.6) is 0 Å². The van der Waals surface area contributed by atoms with Gasteiger partial charge in [0.2, 0.25) is 6.41 Å². The van der Waals surface area contributed by atoms with Gasteiger partial charge in [0.1, 0.15) is 5.52 Å². The fourth-order valence-electron chi connectivity index (χ4n) is 1.97. The number of nitrogens with one attached hydrogen (secondary N) is 1. The number of halogens is 1. The zero-order chi connectivity index (χ0) is 15.5. The number of benzene rings is 2. The molecule has 7 heteroatoms. The van der Waals surface area contributed by atoms with Crippen LogP contribution in [0.15, 0.2) is 57.7 Å². The first kappa shape index (κ1) is 14.3. The van der Waals surface area contributed by atoms with Crippen LogP contribution in [0.4, 0.5) is 16.2 Å². The molecule has 0 atom stereocenters. The van der Waals surface area contributed by atoms with E-state index in [9.17, 15) is 9.59 Å². The Morgan fingerprint density at radius 2 is 2.14 bits per heavy atom. The van der Waals surface area contributed by atoms with E-state index in [0.29, 0.717) is 28.9 Å².